The van der Waals surface area contributed by atoms with Crippen molar-refractivity contribution in [3.8, 4) is 17.2 Å². The van der Waals surface area contributed by atoms with Gasteiger partial charge in [0.25, 0.3) is 5.91 Å². The first-order chi connectivity index (χ1) is 14.5. The van der Waals surface area contributed by atoms with Gasteiger partial charge in [0.2, 0.25) is 6.20 Å². The lowest BCUT2D eigenvalue weighted by atomic mass is 10.1. The molecule has 0 aliphatic carbocycles. The molecule has 162 valence electrons. The predicted octanol–water partition coefficient (Wildman–Crippen LogP) is 5.71. The average Bonchev–Trinajstić information content (AvgIpc) is 2.65. The van der Waals surface area contributed by atoms with Crippen molar-refractivity contribution in [2.45, 2.75) is 6.36 Å². The molecule has 3 rings (SSSR count). The van der Waals surface area contributed by atoms with Gasteiger partial charge in [0, 0.05) is 18.2 Å². The lowest BCUT2D eigenvalue weighted by Crippen LogP contribution is -2.25. The van der Waals surface area contributed by atoms with Crippen LogP contribution in [0.5, 0.6) is 17.2 Å². The van der Waals surface area contributed by atoms with Crippen molar-refractivity contribution in [1.29, 1.82) is 0 Å². The van der Waals surface area contributed by atoms with E-state index < -0.39 is 23.8 Å². The second-order valence-corrected chi connectivity index (χ2v) is 6.73. The molecule has 0 bridgehead atoms. The van der Waals surface area contributed by atoms with E-state index >= 15 is 0 Å². The van der Waals surface area contributed by atoms with Gasteiger partial charge < -0.3 is 20.0 Å². The van der Waals surface area contributed by atoms with Gasteiger partial charge in [0.1, 0.15) is 17.2 Å². The van der Waals surface area contributed by atoms with Crippen LogP contribution in [0, 0.1) is 11.0 Å². The number of hydrogen-bond donors (Lipinski definition) is 1. The minimum Gasteiger partial charge on any atom is -0.619 e. The smallest absolute Gasteiger partial charge is 0.573 e. The lowest BCUT2D eigenvalue weighted by Gasteiger charge is -2.14. The van der Waals surface area contributed by atoms with Gasteiger partial charge in [-0.05, 0) is 24.3 Å². The largest absolute Gasteiger partial charge is 0.619 e. The Kier molecular flexibility index (Phi) is 6.42. The van der Waals surface area contributed by atoms with E-state index in [1.54, 1.807) is 0 Å². The summed E-state index contributed by atoms with van der Waals surface area (Å²) < 4.78 is 60.3. The number of alkyl halides is 3. The molecule has 1 amide bonds. The third-order valence-corrected chi connectivity index (χ3v) is 4.38. The number of rotatable bonds is 5. The second-order valence-electron chi connectivity index (χ2n) is 5.91. The summed E-state index contributed by atoms with van der Waals surface area (Å²) in [6.07, 6.45) is -2.76. The first-order valence-corrected chi connectivity index (χ1v) is 9.00. The van der Waals surface area contributed by atoms with Crippen molar-refractivity contribution in [3.63, 3.8) is 0 Å². The van der Waals surface area contributed by atoms with Crippen LogP contribution in [-0.2, 0) is 0 Å². The van der Waals surface area contributed by atoms with Crippen LogP contribution in [0.2, 0.25) is 10.0 Å². The maximum atomic E-state index is 13.9. The fourth-order valence-electron chi connectivity index (χ4n) is 2.40. The SMILES string of the molecule is O=C(Nc1ccc[n+]([O-])c1)c1cc(Cl)c(Cl)cc1Oc1ccc(OC(F)(F)F)c(F)c1. The number of benzene rings is 2. The number of amides is 1. The molecule has 0 saturated heterocycles. The zero-order valence-electron chi connectivity index (χ0n) is 15.0. The van der Waals surface area contributed by atoms with E-state index in [9.17, 15) is 27.6 Å². The average molecular weight is 477 g/mol. The third kappa shape index (κ3) is 5.89. The van der Waals surface area contributed by atoms with Crippen LogP contribution in [0.3, 0.4) is 0 Å². The molecule has 1 N–H and O–H groups in total. The van der Waals surface area contributed by atoms with Crippen molar-refractivity contribution in [1.82, 2.24) is 0 Å². The molecule has 6 nitrogen and oxygen atoms in total. The van der Waals surface area contributed by atoms with Crippen molar-refractivity contribution >= 4 is 34.8 Å². The summed E-state index contributed by atoms with van der Waals surface area (Å²) in [5.41, 5.74) is 0.0333. The Morgan fingerprint density at radius 1 is 1.06 bits per heavy atom. The highest BCUT2D eigenvalue weighted by atomic mass is 35.5. The number of pyridine rings is 1. The standard InChI is InChI=1S/C19H10Cl2F4N2O4/c20-13-7-12(18(28)26-10-2-1-5-27(29)9-10)17(8-14(13)21)30-11-3-4-16(15(22)6-11)31-19(23,24)25/h1-9H,(H,26,28). The van der Waals surface area contributed by atoms with E-state index in [4.69, 9.17) is 27.9 Å². The highest BCUT2D eigenvalue weighted by Crippen LogP contribution is 2.35. The number of aromatic nitrogens is 1. The van der Waals surface area contributed by atoms with Crippen molar-refractivity contribution < 1.29 is 36.6 Å². The molecule has 2 aromatic carbocycles. The third-order valence-electron chi connectivity index (χ3n) is 3.66. The highest BCUT2D eigenvalue weighted by molar-refractivity contribution is 6.42. The van der Waals surface area contributed by atoms with Crippen LogP contribution < -0.4 is 19.5 Å². The molecule has 12 heteroatoms. The summed E-state index contributed by atoms with van der Waals surface area (Å²) in [5.74, 6) is -3.54. The van der Waals surface area contributed by atoms with Gasteiger partial charge in [-0.25, -0.2) is 4.39 Å². The summed E-state index contributed by atoms with van der Waals surface area (Å²) in [7, 11) is 0. The fourth-order valence-corrected chi connectivity index (χ4v) is 2.71. The minimum absolute atomic E-state index is 0.00262. The normalized spacial score (nSPS) is 11.2. The highest BCUT2D eigenvalue weighted by Gasteiger charge is 2.32. The van der Waals surface area contributed by atoms with E-state index in [-0.39, 0.29) is 32.8 Å². The van der Waals surface area contributed by atoms with Crippen molar-refractivity contribution in [3.05, 3.63) is 81.5 Å². The summed E-state index contributed by atoms with van der Waals surface area (Å²) in [4.78, 5) is 12.7. The number of hydrogen-bond acceptors (Lipinski definition) is 4. The van der Waals surface area contributed by atoms with Crippen LogP contribution in [0.1, 0.15) is 10.4 Å². The topological polar surface area (TPSA) is 74.5 Å². The first kappa shape index (κ1) is 22.4. The minimum atomic E-state index is -5.07. The maximum absolute atomic E-state index is 13.9. The van der Waals surface area contributed by atoms with Gasteiger partial charge in [-0.15, -0.1) is 13.2 Å². The Balaban J connectivity index is 1.90. The molecular weight excluding hydrogens is 467 g/mol. The molecule has 1 aromatic heterocycles. The Bertz CT molecular complexity index is 1140. The number of nitrogens with zero attached hydrogens (tertiary/aromatic N) is 1. The molecule has 0 aliphatic heterocycles. The molecular formula is C19H10Cl2F4N2O4. The number of carbonyl (C=O) groups is 1. The molecule has 31 heavy (non-hydrogen) atoms. The van der Waals surface area contributed by atoms with Gasteiger partial charge >= 0.3 is 6.36 Å². The molecule has 0 spiro atoms. The summed E-state index contributed by atoms with van der Waals surface area (Å²) in [5, 5.41) is 13.8. The molecule has 0 saturated carbocycles. The van der Waals surface area contributed by atoms with Crippen LogP contribution in [0.4, 0.5) is 23.2 Å². The monoisotopic (exact) mass is 476 g/mol. The van der Waals surface area contributed by atoms with Crippen molar-refractivity contribution in [2.75, 3.05) is 5.32 Å². The lowest BCUT2D eigenvalue weighted by molar-refractivity contribution is -0.604. The Morgan fingerprint density at radius 3 is 2.42 bits per heavy atom. The van der Waals surface area contributed by atoms with Crippen LogP contribution in [-0.4, -0.2) is 12.3 Å². The Labute approximate surface area is 182 Å². The van der Waals surface area contributed by atoms with E-state index in [0.717, 1.165) is 12.3 Å². The van der Waals surface area contributed by atoms with Crippen LogP contribution >= 0.6 is 23.2 Å². The summed E-state index contributed by atoms with van der Waals surface area (Å²) in [6, 6.07) is 7.58. The fraction of sp³-hybridized carbons (Fsp3) is 0.0526. The Morgan fingerprint density at radius 2 is 1.77 bits per heavy atom. The number of ether oxygens (including phenoxy) is 2. The molecule has 0 aliphatic rings. The zero-order chi connectivity index (χ0) is 22.8. The molecule has 0 fully saturated rings. The van der Waals surface area contributed by atoms with Gasteiger partial charge in [-0.1, -0.05) is 23.2 Å². The molecule has 0 radical (unpaired) electrons. The van der Waals surface area contributed by atoms with Crippen molar-refractivity contribution in [2.24, 2.45) is 0 Å². The second kappa shape index (κ2) is 8.86. The van der Waals surface area contributed by atoms with Gasteiger partial charge in [0.05, 0.1) is 15.6 Å². The molecule has 1 heterocycles. The summed E-state index contributed by atoms with van der Waals surface area (Å²) in [6.45, 7) is 0. The van der Waals surface area contributed by atoms with Crippen LogP contribution in [0.15, 0.2) is 54.9 Å². The number of anilines is 1. The number of carbonyl (C=O) groups excluding carboxylic acids is 1. The number of nitrogens with one attached hydrogen (secondary N) is 1. The van der Waals surface area contributed by atoms with Gasteiger partial charge in [-0.2, -0.15) is 4.73 Å². The van der Waals surface area contributed by atoms with E-state index in [1.807, 2.05) is 0 Å². The van der Waals surface area contributed by atoms with E-state index in [0.29, 0.717) is 16.9 Å². The summed E-state index contributed by atoms with van der Waals surface area (Å²) >= 11 is 11.9. The molecule has 0 unspecified atom stereocenters. The van der Waals surface area contributed by atoms with Crippen LogP contribution in [0.25, 0.3) is 0 Å². The molecule has 3 aromatic rings. The molecule has 0 atom stereocenters. The first-order valence-electron chi connectivity index (χ1n) is 8.24. The quantitative estimate of drug-likeness (QED) is 0.290. The maximum Gasteiger partial charge on any atom is 0.573 e. The van der Waals surface area contributed by atoms with E-state index in [2.05, 4.69) is 10.1 Å². The predicted molar refractivity (Wildman–Crippen MR) is 103 cm³/mol. The van der Waals surface area contributed by atoms with Gasteiger partial charge in [-0.3, -0.25) is 4.79 Å². The zero-order valence-corrected chi connectivity index (χ0v) is 16.6. The van der Waals surface area contributed by atoms with E-state index in [1.165, 1.54) is 30.5 Å². The number of halogens is 6. The van der Waals surface area contributed by atoms with Gasteiger partial charge in [0.15, 0.2) is 17.8 Å². The Hall–Kier alpha value is -3.24.